The summed E-state index contributed by atoms with van der Waals surface area (Å²) in [7, 11) is 0. The van der Waals surface area contributed by atoms with Crippen molar-refractivity contribution in [2.45, 2.75) is 40.0 Å². The van der Waals surface area contributed by atoms with Crippen molar-refractivity contribution in [2.24, 2.45) is 0 Å². The third-order valence-electron chi connectivity index (χ3n) is 4.80. The van der Waals surface area contributed by atoms with Crippen molar-refractivity contribution in [1.82, 2.24) is 4.98 Å². The first-order chi connectivity index (χ1) is 13.4. The fraction of sp³-hybridized carbons (Fsp3) is 0.304. The molecule has 0 radical (unpaired) electrons. The first kappa shape index (κ1) is 20.3. The third kappa shape index (κ3) is 4.53. The highest BCUT2D eigenvalue weighted by molar-refractivity contribution is 9.10. The number of aryl methyl sites for hydroxylation is 3. The number of benzene rings is 2. The van der Waals surface area contributed by atoms with Gasteiger partial charge in [-0.05, 0) is 50.5 Å². The predicted octanol–water partition coefficient (Wildman–Crippen LogP) is 5.47. The minimum atomic E-state index is -0.342. The zero-order chi connectivity index (χ0) is 20.3. The molecule has 1 aromatic heterocycles. The van der Waals surface area contributed by atoms with E-state index in [1.54, 1.807) is 6.92 Å². The molecule has 1 heterocycles. The Morgan fingerprint density at radius 3 is 2.64 bits per heavy atom. The zero-order valence-electron chi connectivity index (χ0n) is 16.4. The number of nitrogens with one attached hydrogen (secondary N) is 1. The van der Waals surface area contributed by atoms with E-state index in [0.29, 0.717) is 25.0 Å². The average Bonchev–Trinajstić information content (AvgIpc) is 2.95. The van der Waals surface area contributed by atoms with Crippen LogP contribution in [0.15, 0.2) is 40.9 Å². The zero-order valence-corrected chi connectivity index (χ0v) is 18.0. The van der Waals surface area contributed by atoms with Gasteiger partial charge in [-0.2, -0.15) is 0 Å². The molecule has 2 aromatic carbocycles. The molecular formula is C23H24BrNO3. The lowest BCUT2D eigenvalue weighted by molar-refractivity contribution is -0.118. The Balaban J connectivity index is 1.80. The maximum Gasteiger partial charge on any atom is 0.340 e. The largest absolute Gasteiger partial charge is 0.462 e. The van der Waals surface area contributed by atoms with Crippen molar-refractivity contribution in [3.8, 4) is 0 Å². The molecule has 0 unspecified atom stereocenters. The summed E-state index contributed by atoms with van der Waals surface area (Å²) in [5, 5.41) is 0.792. The molecule has 4 nitrogen and oxygen atoms in total. The Kier molecular flexibility index (Phi) is 6.35. The van der Waals surface area contributed by atoms with Crippen LogP contribution in [0.2, 0.25) is 0 Å². The standard InChI is InChI=1S/C23H24BrNO3/c1-4-28-23(27)22-15(3)25-21-13-20(24)17(12-19(21)22)11-18(26)9-8-16-7-5-6-14(2)10-16/h5-7,10,12-13,25H,4,8-9,11H2,1-3H3. The van der Waals surface area contributed by atoms with Gasteiger partial charge in [-0.15, -0.1) is 0 Å². The summed E-state index contributed by atoms with van der Waals surface area (Å²) in [6.45, 7) is 6.02. The highest BCUT2D eigenvalue weighted by Gasteiger charge is 2.19. The number of aromatic amines is 1. The number of hydrogen-bond acceptors (Lipinski definition) is 3. The summed E-state index contributed by atoms with van der Waals surface area (Å²) in [5.41, 5.74) is 5.41. The molecule has 0 aliphatic heterocycles. The van der Waals surface area contributed by atoms with Crippen molar-refractivity contribution < 1.29 is 14.3 Å². The van der Waals surface area contributed by atoms with Crippen LogP contribution in [0.5, 0.6) is 0 Å². The Morgan fingerprint density at radius 1 is 1.14 bits per heavy atom. The van der Waals surface area contributed by atoms with E-state index in [2.05, 4.69) is 46.0 Å². The monoisotopic (exact) mass is 441 g/mol. The summed E-state index contributed by atoms with van der Waals surface area (Å²) in [6.07, 6.45) is 1.55. The van der Waals surface area contributed by atoms with Gasteiger partial charge in [-0.1, -0.05) is 45.8 Å². The molecule has 146 valence electrons. The Hall–Kier alpha value is -2.40. The Bertz CT molecular complexity index is 1040. The lowest BCUT2D eigenvalue weighted by atomic mass is 10.00. The van der Waals surface area contributed by atoms with Crippen LogP contribution in [-0.2, 0) is 22.4 Å². The molecule has 0 saturated carbocycles. The van der Waals surface area contributed by atoms with Crippen molar-refractivity contribution in [3.63, 3.8) is 0 Å². The van der Waals surface area contributed by atoms with E-state index in [4.69, 9.17) is 4.74 Å². The first-order valence-electron chi connectivity index (χ1n) is 9.44. The molecule has 28 heavy (non-hydrogen) atoms. The summed E-state index contributed by atoms with van der Waals surface area (Å²) in [6, 6.07) is 12.1. The smallest absolute Gasteiger partial charge is 0.340 e. The molecule has 0 atom stereocenters. The molecule has 3 rings (SSSR count). The maximum atomic E-state index is 12.6. The van der Waals surface area contributed by atoms with Crippen LogP contribution < -0.4 is 0 Å². The van der Waals surface area contributed by atoms with Gasteiger partial charge in [0.2, 0.25) is 0 Å². The van der Waals surface area contributed by atoms with Crippen LogP contribution in [0.4, 0.5) is 0 Å². The Morgan fingerprint density at radius 2 is 1.93 bits per heavy atom. The minimum Gasteiger partial charge on any atom is -0.462 e. The molecule has 0 bridgehead atoms. The fourth-order valence-corrected chi connectivity index (χ4v) is 3.93. The van der Waals surface area contributed by atoms with E-state index < -0.39 is 0 Å². The normalized spacial score (nSPS) is 11.0. The van der Waals surface area contributed by atoms with E-state index in [0.717, 1.165) is 33.1 Å². The highest BCUT2D eigenvalue weighted by Crippen LogP contribution is 2.29. The van der Waals surface area contributed by atoms with Gasteiger partial charge in [-0.3, -0.25) is 4.79 Å². The van der Waals surface area contributed by atoms with Crippen LogP contribution in [0, 0.1) is 13.8 Å². The number of carbonyl (C=O) groups excluding carboxylic acids is 2. The Labute approximate surface area is 173 Å². The number of halogens is 1. The van der Waals surface area contributed by atoms with Gasteiger partial charge >= 0.3 is 5.97 Å². The average molecular weight is 442 g/mol. The number of carbonyl (C=O) groups is 2. The third-order valence-corrected chi connectivity index (χ3v) is 5.53. The summed E-state index contributed by atoms with van der Waals surface area (Å²) in [5.74, 6) is -0.170. The molecule has 0 fully saturated rings. The number of ketones is 1. The number of esters is 1. The number of H-pyrrole nitrogens is 1. The quantitative estimate of drug-likeness (QED) is 0.494. The molecule has 0 spiro atoms. The number of ether oxygens (including phenoxy) is 1. The minimum absolute atomic E-state index is 0.173. The second kappa shape index (κ2) is 8.74. The van der Waals surface area contributed by atoms with Crippen LogP contribution >= 0.6 is 15.9 Å². The molecule has 0 amide bonds. The molecule has 0 aliphatic carbocycles. The van der Waals surface area contributed by atoms with Crippen molar-refractivity contribution in [1.29, 1.82) is 0 Å². The first-order valence-corrected chi connectivity index (χ1v) is 10.2. The van der Waals surface area contributed by atoms with Crippen molar-refractivity contribution in [2.75, 3.05) is 6.61 Å². The molecule has 5 heteroatoms. The second-order valence-electron chi connectivity index (χ2n) is 7.04. The van der Waals surface area contributed by atoms with Gasteiger partial charge in [0.05, 0.1) is 12.2 Å². The number of Topliss-reactive ketones (excluding diaryl/α,β-unsaturated/α-hetero) is 1. The van der Waals surface area contributed by atoms with Crippen LogP contribution in [0.25, 0.3) is 10.9 Å². The van der Waals surface area contributed by atoms with Gasteiger partial charge in [0.15, 0.2) is 0 Å². The molecule has 0 aliphatic rings. The molecule has 3 aromatic rings. The maximum absolute atomic E-state index is 12.6. The number of aromatic nitrogens is 1. The van der Waals surface area contributed by atoms with Crippen LogP contribution in [-0.4, -0.2) is 23.3 Å². The summed E-state index contributed by atoms with van der Waals surface area (Å²) in [4.78, 5) is 28.1. The van der Waals surface area contributed by atoms with Crippen LogP contribution in [0.1, 0.15) is 46.1 Å². The van der Waals surface area contributed by atoms with Crippen molar-refractivity contribution in [3.05, 3.63) is 68.8 Å². The van der Waals surface area contributed by atoms with Gasteiger partial charge in [0, 0.05) is 33.9 Å². The fourth-order valence-electron chi connectivity index (χ4n) is 3.45. The van der Waals surface area contributed by atoms with Gasteiger partial charge < -0.3 is 9.72 Å². The molecule has 0 saturated heterocycles. The van der Waals surface area contributed by atoms with Crippen molar-refractivity contribution >= 4 is 38.6 Å². The lowest BCUT2D eigenvalue weighted by Gasteiger charge is -2.07. The predicted molar refractivity (Wildman–Crippen MR) is 115 cm³/mol. The number of fused-ring (bicyclic) bond motifs is 1. The summed E-state index contributed by atoms with van der Waals surface area (Å²) < 4.78 is 6.05. The SMILES string of the molecule is CCOC(=O)c1c(C)[nH]c2cc(Br)c(CC(=O)CCc3cccc(C)c3)cc12. The van der Waals surface area contributed by atoms with E-state index in [9.17, 15) is 9.59 Å². The number of rotatable bonds is 7. The van der Waals surface area contributed by atoms with E-state index in [-0.39, 0.29) is 11.8 Å². The number of hydrogen-bond donors (Lipinski definition) is 1. The van der Waals surface area contributed by atoms with E-state index >= 15 is 0 Å². The van der Waals surface area contributed by atoms with E-state index in [1.165, 1.54) is 11.1 Å². The molecular weight excluding hydrogens is 418 g/mol. The lowest BCUT2D eigenvalue weighted by Crippen LogP contribution is -2.07. The van der Waals surface area contributed by atoms with Gasteiger partial charge in [0.1, 0.15) is 5.78 Å². The molecule has 1 N–H and O–H groups in total. The summed E-state index contributed by atoms with van der Waals surface area (Å²) >= 11 is 3.56. The van der Waals surface area contributed by atoms with Gasteiger partial charge in [-0.25, -0.2) is 4.79 Å². The van der Waals surface area contributed by atoms with Gasteiger partial charge in [0.25, 0.3) is 0 Å². The van der Waals surface area contributed by atoms with Crippen LogP contribution in [0.3, 0.4) is 0 Å². The second-order valence-corrected chi connectivity index (χ2v) is 7.89. The highest BCUT2D eigenvalue weighted by atomic mass is 79.9. The topological polar surface area (TPSA) is 59.2 Å². The van der Waals surface area contributed by atoms with E-state index in [1.807, 2.05) is 25.1 Å².